The average Bonchev–Trinajstić information content (AvgIpc) is 2.28. The summed E-state index contributed by atoms with van der Waals surface area (Å²) in [5.74, 6) is 1.77. The number of rotatable bonds is 3. The lowest BCUT2D eigenvalue weighted by Crippen LogP contribution is -1.93. The van der Waals surface area contributed by atoms with Crippen molar-refractivity contribution in [1.82, 2.24) is 0 Å². The first-order valence-corrected chi connectivity index (χ1v) is 4.91. The summed E-state index contributed by atoms with van der Waals surface area (Å²) < 4.78 is 0. The van der Waals surface area contributed by atoms with Gasteiger partial charge in [-0.3, -0.25) is 0 Å². The van der Waals surface area contributed by atoms with Gasteiger partial charge in [-0.2, -0.15) is 0 Å². The SMILES string of the molecule is C=C1CC(CCCC)CC1C. The number of allylic oxidation sites excluding steroid dienone is 1. The van der Waals surface area contributed by atoms with Crippen molar-refractivity contribution in [1.29, 1.82) is 0 Å². The second kappa shape index (κ2) is 3.94. The normalized spacial score (nSPS) is 31.3. The molecule has 0 amide bonds. The number of unbranched alkanes of at least 4 members (excludes halogenated alkanes) is 1. The zero-order valence-electron chi connectivity index (χ0n) is 7.90. The molecule has 1 saturated carbocycles. The van der Waals surface area contributed by atoms with Crippen LogP contribution in [-0.2, 0) is 0 Å². The highest BCUT2D eigenvalue weighted by molar-refractivity contribution is 5.06. The molecule has 0 bridgehead atoms. The Labute approximate surface area is 70.7 Å². The summed E-state index contributed by atoms with van der Waals surface area (Å²) in [6.45, 7) is 8.68. The molecular weight excluding hydrogens is 132 g/mol. The van der Waals surface area contributed by atoms with Crippen LogP contribution in [0.1, 0.15) is 46.0 Å². The van der Waals surface area contributed by atoms with Gasteiger partial charge < -0.3 is 0 Å². The molecule has 1 aliphatic rings. The van der Waals surface area contributed by atoms with Crippen LogP contribution in [0.3, 0.4) is 0 Å². The second-order valence-electron chi connectivity index (χ2n) is 4.01. The van der Waals surface area contributed by atoms with Crippen molar-refractivity contribution in [2.24, 2.45) is 11.8 Å². The molecule has 64 valence electrons. The molecule has 0 aromatic carbocycles. The van der Waals surface area contributed by atoms with Gasteiger partial charge in [0.1, 0.15) is 0 Å². The van der Waals surface area contributed by atoms with E-state index in [0.717, 1.165) is 11.8 Å². The molecule has 2 unspecified atom stereocenters. The van der Waals surface area contributed by atoms with Crippen molar-refractivity contribution in [3.63, 3.8) is 0 Å². The third-order valence-electron chi connectivity index (χ3n) is 2.90. The zero-order valence-corrected chi connectivity index (χ0v) is 7.90. The molecule has 0 N–H and O–H groups in total. The van der Waals surface area contributed by atoms with Gasteiger partial charge in [0.25, 0.3) is 0 Å². The Morgan fingerprint density at radius 2 is 2.27 bits per heavy atom. The molecule has 11 heavy (non-hydrogen) atoms. The summed E-state index contributed by atoms with van der Waals surface area (Å²) in [7, 11) is 0. The van der Waals surface area contributed by atoms with Crippen molar-refractivity contribution in [2.75, 3.05) is 0 Å². The maximum absolute atomic E-state index is 4.09. The average molecular weight is 152 g/mol. The highest BCUT2D eigenvalue weighted by Crippen LogP contribution is 2.36. The Morgan fingerprint density at radius 3 is 2.73 bits per heavy atom. The van der Waals surface area contributed by atoms with E-state index in [0.29, 0.717) is 0 Å². The fourth-order valence-electron chi connectivity index (χ4n) is 2.03. The predicted octanol–water partition coefficient (Wildman–Crippen LogP) is 3.78. The molecule has 0 radical (unpaired) electrons. The highest BCUT2D eigenvalue weighted by atomic mass is 14.3. The Kier molecular flexibility index (Phi) is 3.16. The van der Waals surface area contributed by atoms with Crippen molar-refractivity contribution in [2.45, 2.75) is 46.0 Å². The van der Waals surface area contributed by atoms with E-state index in [-0.39, 0.29) is 0 Å². The Hall–Kier alpha value is -0.260. The second-order valence-corrected chi connectivity index (χ2v) is 4.01. The van der Waals surface area contributed by atoms with Gasteiger partial charge in [-0.1, -0.05) is 45.3 Å². The van der Waals surface area contributed by atoms with Crippen molar-refractivity contribution >= 4 is 0 Å². The van der Waals surface area contributed by atoms with E-state index < -0.39 is 0 Å². The molecule has 0 heteroatoms. The van der Waals surface area contributed by atoms with Crippen LogP contribution in [0.4, 0.5) is 0 Å². The van der Waals surface area contributed by atoms with Crippen LogP contribution in [-0.4, -0.2) is 0 Å². The lowest BCUT2D eigenvalue weighted by Gasteiger charge is -2.06. The quantitative estimate of drug-likeness (QED) is 0.540. The summed E-state index contributed by atoms with van der Waals surface area (Å²) in [5.41, 5.74) is 1.49. The molecule has 0 aliphatic heterocycles. The van der Waals surface area contributed by atoms with E-state index >= 15 is 0 Å². The molecule has 2 atom stereocenters. The van der Waals surface area contributed by atoms with Gasteiger partial charge in [0.2, 0.25) is 0 Å². The molecule has 0 saturated heterocycles. The molecule has 0 heterocycles. The number of hydrogen-bond donors (Lipinski definition) is 0. The third kappa shape index (κ3) is 2.36. The van der Waals surface area contributed by atoms with E-state index in [4.69, 9.17) is 0 Å². The lowest BCUT2D eigenvalue weighted by atomic mass is 10.00. The molecule has 1 aliphatic carbocycles. The van der Waals surface area contributed by atoms with E-state index in [1.807, 2.05) is 0 Å². The van der Waals surface area contributed by atoms with E-state index in [1.165, 1.54) is 37.7 Å². The van der Waals surface area contributed by atoms with Crippen molar-refractivity contribution in [3.8, 4) is 0 Å². The number of hydrogen-bond acceptors (Lipinski definition) is 0. The van der Waals surface area contributed by atoms with Gasteiger partial charge in [-0.15, -0.1) is 0 Å². The Morgan fingerprint density at radius 1 is 1.55 bits per heavy atom. The molecule has 0 aromatic rings. The van der Waals surface area contributed by atoms with Gasteiger partial charge in [-0.25, -0.2) is 0 Å². The third-order valence-corrected chi connectivity index (χ3v) is 2.90. The predicted molar refractivity (Wildman–Crippen MR) is 50.6 cm³/mol. The minimum absolute atomic E-state index is 0.803. The van der Waals surface area contributed by atoms with E-state index in [2.05, 4.69) is 20.4 Å². The molecule has 1 fully saturated rings. The van der Waals surface area contributed by atoms with Gasteiger partial charge >= 0.3 is 0 Å². The first-order valence-electron chi connectivity index (χ1n) is 4.91. The van der Waals surface area contributed by atoms with E-state index in [9.17, 15) is 0 Å². The minimum Gasteiger partial charge on any atom is -0.0996 e. The topological polar surface area (TPSA) is 0 Å². The van der Waals surface area contributed by atoms with Crippen LogP contribution in [0, 0.1) is 11.8 Å². The van der Waals surface area contributed by atoms with E-state index in [1.54, 1.807) is 0 Å². The smallest absolute Gasteiger partial charge is 0.0232 e. The van der Waals surface area contributed by atoms with Gasteiger partial charge in [-0.05, 0) is 24.7 Å². The first-order chi connectivity index (χ1) is 5.24. The maximum Gasteiger partial charge on any atom is -0.0232 e. The van der Waals surface area contributed by atoms with Crippen LogP contribution in [0.5, 0.6) is 0 Å². The minimum atomic E-state index is 0.803. The summed E-state index contributed by atoms with van der Waals surface area (Å²) in [4.78, 5) is 0. The Bertz CT molecular complexity index is 135. The van der Waals surface area contributed by atoms with Crippen molar-refractivity contribution < 1.29 is 0 Å². The largest absolute Gasteiger partial charge is 0.0996 e. The van der Waals surface area contributed by atoms with Gasteiger partial charge in [0, 0.05) is 0 Å². The fraction of sp³-hybridized carbons (Fsp3) is 0.818. The molecule has 0 spiro atoms. The van der Waals surface area contributed by atoms with Crippen LogP contribution in [0.25, 0.3) is 0 Å². The van der Waals surface area contributed by atoms with Gasteiger partial charge in [0.05, 0.1) is 0 Å². The summed E-state index contributed by atoms with van der Waals surface area (Å²) >= 11 is 0. The summed E-state index contributed by atoms with van der Waals surface area (Å²) in [6.07, 6.45) is 6.89. The lowest BCUT2D eigenvalue weighted by molar-refractivity contribution is 0.461. The molecular formula is C11H20. The standard InChI is InChI=1S/C11H20/c1-4-5-6-11-7-9(2)10(3)8-11/h10-11H,2,4-8H2,1,3H3. The first kappa shape index (κ1) is 8.83. The van der Waals surface area contributed by atoms with Crippen LogP contribution >= 0.6 is 0 Å². The zero-order chi connectivity index (χ0) is 8.27. The molecule has 0 nitrogen and oxygen atoms in total. The summed E-state index contributed by atoms with van der Waals surface area (Å²) in [5, 5.41) is 0. The van der Waals surface area contributed by atoms with Crippen molar-refractivity contribution in [3.05, 3.63) is 12.2 Å². The van der Waals surface area contributed by atoms with Crippen LogP contribution in [0.15, 0.2) is 12.2 Å². The molecule has 1 rings (SSSR count). The maximum atomic E-state index is 4.09. The Balaban J connectivity index is 2.24. The van der Waals surface area contributed by atoms with Crippen LogP contribution < -0.4 is 0 Å². The summed E-state index contributed by atoms with van der Waals surface area (Å²) in [6, 6.07) is 0. The van der Waals surface area contributed by atoms with Gasteiger partial charge in [0.15, 0.2) is 0 Å². The highest BCUT2D eigenvalue weighted by Gasteiger charge is 2.23. The fourth-order valence-corrected chi connectivity index (χ4v) is 2.03. The monoisotopic (exact) mass is 152 g/mol. The molecule has 0 aromatic heterocycles. The van der Waals surface area contributed by atoms with Crippen LogP contribution in [0.2, 0.25) is 0 Å².